The summed E-state index contributed by atoms with van der Waals surface area (Å²) in [5.74, 6) is 0.950. The Morgan fingerprint density at radius 1 is 1.12 bits per heavy atom. The van der Waals surface area contributed by atoms with Crippen LogP contribution in [0, 0.1) is 5.92 Å². The fourth-order valence-electron chi connectivity index (χ4n) is 2.86. The summed E-state index contributed by atoms with van der Waals surface area (Å²) in [7, 11) is 0. The van der Waals surface area contributed by atoms with Crippen molar-refractivity contribution in [2.75, 3.05) is 45.8 Å². The van der Waals surface area contributed by atoms with E-state index in [-0.39, 0.29) is 0 Å². The Labute approximate surface area is 100 Å². The van der Waals surface area contributed by atoms with Gasteiger partial charge in [0, 0.05) is 38.8 Å². The SMILES string of the molecule is CC1CCN(CC(C)N2CCNCC2)CC1. The third-order valence-electron chi connectivity index (χ3n) is 4.17. The average Bonchev–Trinajstić information content (AvgIpc) is 2.33. The Balaban J connectivity index is 1.71. The highest BCUT2D eigenvalue weighted by Crippen LogP contribution is 2.16. The molecule has 0 saturated carbocycles. The largest absolute Gasteiger partial charge is 0.314 e. The van der Waals surface area contributed by atoms with E-state index in [1.165, 1.54) is 58.7 Å². The Bertz CT molecular complexity index is 193. The molecule has 0 aromatic heterocycles. The van der Waals surface area contributed by atoms with Crippen LogP contribution in [0.3, 0.4) is 0 Å². The van der Waals surface area contributed by atoms with Gasteiger partial charge in [0.1, 0.15) is 0 Å². The van der Waals surface area contributed by atoms with Crippen LogP contribution in [0.5, 0.6) is 0 Å². The Morgan fingerprint density at radius 3 is 2.38 bits per heavy atom. The standard InChI is InChI=1S/C13H27N3/c1-12-3-7-15(8-4-12)11-13(2)16-9-5-14-6-10-16/h12-14H,3-11H2,1-2H3. The van der Waals surface area contributed by atoms with Crippen LogP contribution in [0.4, 0.5) is 0 Å². The van der Waals surface area contributed by atoms with Gasteiger partial charge in [-0.3, -0.25) is 4.90 Å². The molecule has 0 aromatic carbocycles. The van der Waals surface area contributed by atoms with Gasteiger partial charge in [-0.1, -0.05) is 6.92 Å². The number of rotatable bonds is 3. The first kappa shape index (κ1) is 12.3. The number of nitrogens with one attached hydrogen (secondary N) is 1. The van der Waals surface area contributed by atoms with Crippen LogP contribution in [0.1, 0.15) is 26.7 Å². The molecule has 1 unspecified atom stereocenters. The molecule has 2 aliphatic heterocycles. The zero-order valence-electron chi connectivity index (χ0n) is 10.9. The van der Waals surface area contributed by atoms with Crippen LogP contribution < -0.4 is 5.32 Å². The highest BCUT2D eigenvalue weighted by molar-refractivity contribution is 4.78. The van der Waals surface area contributed by atoms with Gasteiger partial charge in [0.05, 0.1) is 0 Å². The number of hydrogen-bond acceptors (Lipinski definition) is 3. The topological polar surface area (TPSA) is 18.5 Å². The number of likely N-dealkylation sites (tertiary alicyclic amines) is 1. The van der Waals surface area contributed by atoms with Crippen molar-refractivity contribution < 1.29 is 0 Å². The minimum atomic E-state index is 0.732. The second-order valence-corrected chi connectivity index (χ2v) is 5.62. The molecule has 0 bridgehead atoms. The second-order valence-electron chi connectivity index (χ2n) is 5.62. The van der Waals surface area contributed by atoms with Gasteiger partial charge in [-0.15, -0.1) is 0 Å². The Kier molecular flexibility index (Phi) is 4.62. The van der Waals surface area contributed by atoms with Gasteiger partial charge in [0.2, 0.25) is 0 Å². The first-order chi connectivity index (χ1) is 7.75. The van der Waals surface area contributed by atoms with Crippen LogP contribution in [0.25, 0.3) is 0 Å². The van der Waals surface area contributed by atoms with Gasteiger partial charge in [0.25, 0.3) is 0 Å². The molecule has 2 heterocycles. The second kappa shape index (κ2) is 5.99. The normalized spacial score (nSPS) is 28.1. The fourth-order valence-corrected chi connectivity index (χ4v) is 2.86. The molecule has 3 heteroatoms. The number of piperidine rings is 1. The molecular weight excluding hydrogens is 198 g/mol. The Hall–Kier alpha value is -0.120. The lowest BCUT2D eigenvalue weighted by molar-refractivity contribution is 0.113. The molecule has 0 aromatic rings. The van der Waals surface area contributed by atoms with E-state index in [0.29, 0.717) is 0 Å². The first-order valence-corrected chi connectivity index (χ1v) is 6.93. The molecule has 2 rings (SSSR count). The van der Waals surface area contributed by atoms with Crippen LogP contribution in [-0.2, 0) is 0 Å². The summed E-state index contributed by atoms with van der Waals surface area (Å²) in [4.78, 5) is 5.29. The number of nitrogens with zero attached hydrogens (tertiary/aromatic N) is 2. The van der Waals surface area contributed by atoms with Crippen molar-refractivity contribution in [3.63, 3.8) is 0 Å². The van der Waals surface area contributed by atoms with Gasteiger partial charge < -0.3 is 10.2 Å². The lowest BCUT2D eigenvalue weighted by atomic mass is 9.99. The molecule has 94 valence electrons. The summed E-state index contributed by atoms with van der Waals surface area (Å²) in [5.41, 5.74) is 0. The summed E-state index contributed by atoms with van der Waals surface area (Å²) in [6.07, 6.45) is 2.79. The molecule has 3 nitrogen and oxygen atoms in total. The molecule has 1 N–H and O–H groups in total. The summed E-state index contributed by atoms with van der Waals surface area (Å²) in [6, 6.07) is 0.732. The van der Waals surface area contributed by atoms with Crippen LogP contribution in [0.15, 0.2) is 0 Å². The summed E-state index contributed by atoms with van der Waals surface area (Å²) < 4.78 is 0. The zero-order chi connectivity index (χ0) is 11.4. The van der Waals surface area contributed by atoms with E-state index in [1.807, 2.05) is 0 Å². The van der Waals surface area contributed by atoms with E-state index < -0.39 is 0 Å². The highest BCUT2D eigenvalue weighted by atomic mass is 15.2. The lowest BCUT2D eigenvalue weighted by Crippen LogP contribution is -2.51. The smallest absolute Gasteiger partial charge is 0.0195 e. The molecule has 0 spiro atoms. The van der Waals surface area contributed by atoms with Crippen molar-refractivity contribution in [2.45, 2.75) is 32.7 Å². The highest BCUT2D eigenvalue weighted by Gasteiger charge is 2.21. The van der Waals surface area contributed by atoms with Gasteiger partial charge in [-0.05, 0) is 38.8 Å². The summed E-state index contributed by atoms with van der Waals surface area (Å²) in [6.45, 7) is 13.5. The predicted octanol–water partition coefficient (Wildman–Crippen LogP) is 1.01. The molecule has 2 fully saturated rings. The third kappa shape index (κ3) is 3.44. The molecule has 1 atom stereocenters. The molecule has 0 radical (unpaired) electrons. The van der Waals surface area contributed by atoms with Crippen molar-refractivity contribution in [1.82, 2.24) is 15.1 Å². The minimum absolute atomic E-state index is 0.732. The molecule has 16 heavy (non-hydrogen) atoms. The monoisotopic (exact) mass is 225 g/mol. The average molecular weight is 225 g/mol. The quantitative estimate of drug-likeness (QED) is 0.773. The zero-order valence-corrected chi connectivity index (χ0v) is 10.9. The van der Waals surface area contributed by atoms with E-state index in [1.54, 1.807) is 0 Å². The van der Waals surface area contributed by atoms with Gasteiger partial charge in [-0.2, -0.15) is 0 Å². The summed E-state index contributed by atoms with van der Waals surface area (Å²) >= 11 is 0. The Morgan fingerprint density at radius 2 is 1.75 bits per heavy atom. The van der Waals surface area contributed by atoms with Gasteiger partial charge in [0.15, 0.2) is 0 Å². The maximum Gasteiger partial charge on any atom is 0.0195 e. The number of hydrogen-bond donors (Lipinski definition) is 1. The van der Waals surface area contributed by atoms with E-state index in [2.05, 4.69) is 29.0 Å². The molecular formula is C13H27N3. The first-order valence-electron chi connectivity index (χ1n) is 6.93. The van der Waals surface area contributed by atoms with Crippen molar-refractivity contribution in [1.29, 1.82) is 0 Å². The van der Waals surface area contributed by atoms with Crippen molar-refractivity contribution >= 4 is 0 Å². The van der Waals surface area contributed by atoms with Crippen molar-refractivity contribution in [3.8, 4) is 0 Å². The van der Waals surface area contributed by atoms with E-state index in [9.17, 15) is 0 Å². The van der Waals surface area contributed by atoms with Gasteiger partial charge in [-0.25, -0.2) is 0 Å². The van der Waals surface area contributed by atoms with E-state index in [4.69, 9.17) is 0 Å². The molecule has 0 amide bonds. The summed E-state index contributed by atoms with van der Waals surface area (Å²) in [5, 5.41) is 3.42. The molecule has 2 aliphatic rings. The van der Waals surface area contributed by atoms with E-state index >= 15 is 0 Å². The van der Waals surface area contributed by atoms with Crippen LogP contribution >= 0.6 is 0 Å². The molecule has 0 aliphatic carbocycles. The van der Waals surface area contributed by atoms with Crippen LogP contribution in [-0.4, -0.2) is 61.7 Å². The van der Waals surface area contributed by atoms with E-state index in [0.717, 1.165) is 12.0 Å². The van der Waals surface area contributed by atoms with Gasteiger partial charge >= 0.3 is 0 Å². The minimum Gasteiger partial charge on any atom is -0.314 e. The third-order valence-corrected chi connectivity index (χ3v) is 4.17. The maximum atomic E-state index is 3.42. The lowest BCUT2D eigenvalue weighted by Gasteiger charge is -2.38. The van der Waals surface area contributed by atoms with Crippen molar-refractivity contribution in [2.24, 2.45) is 5.92 Å². The van der Waals surface area contributed by atoms with Crippen molar-refractivity contribution in [3.05, 3.63) is 0 Å². The maximum absolute atomic E-state index is 3.42. The number of piperazine rings is 1. The fraction of sp³-hybridized carbons (Fsp3) is 1.00. The molecule has 2 saturated heterocycles. The predicted molar refractivity (Wildman–Crippen MR) is 68.7 cm³/mol. The van der Waals surface area contributed by atoms with Crippen LogP contribution in [0.2, 0.25) is 0 Å².